The number of Topliss-reactive ketones (excluding diaryl/α,β-unsaturated/α-hetero) is 1. The molecule has 0 spiro atoms. The molecule has 0 rings (SSSR count). The highest BCUT2D eigenvalue weighted by Gasteiger charge is 2.42. The molecule has 0 aromatic carbocycles. The Balaban J connectivity index is 5.31. The molecule has 0 radical (unpaired) electrons. The van der Waals surface area contributed by atoms with Gasteiger partial charge in [0.15, 0.2) is 0 Å². The van der Waals surface area contributed by atoms with E-state index in [9.17, 15) is 9.59 Å². The summed E-state index contributed by atoms with van der Waals surface area (Å²) in [7, 11) is 0. The summed E-state index contributed by atoms with van der Waals surface area (Å²) in [5, 5.41) is 8.86. The summed E-state index contributed by atoms with van der Waals surface area (Å²) in [6.07, 6.45) is 4.13. The lowest BCUT2D eigenvalue weighted by molar-refractivity contribution is -0.128. The van der Waals surface area contributed by atoms with Gasteiger partial charge in [-0.1, -0.05) is 27.7 Å². The van der Waals surface area contributed by atoms with Gasteiger partial charge in [-0.3, -0.25) is 4.79 Å². The Hall–Kier alpha value is -1.17. The maximum Gasteiger partial charge on any atom is 0.238 e. The van der Waals surface area contributed by atoms with Crippen molar-refractivity contribution in [3.8, 4) is 6.07 Å². The third kappa shape index (κ3) is 3.15. The lowest BCUT2D eigenvalue weighted by Crippen LogP contribution is -2.37. The first-order valence-electron chi connectivity index (χ1n) is 6.40. The van der Waals surface area contributed by atoms with E-state index in [1.54, 1.807) is 6.07 Å². The molecule has 0 saturated carbocycles. The summed E-state index contributed by atoms with van der Waals surface area (Å²) in [5.41, 5.74) is -1.11. The molecule has 0 unspecified atom stereocenters. The molecule has 0 atom stereocenters. The van der Waals surface area contributed by atoms with Gasteiger partial charge in [0.05, 0.1) is 0 Å². The first kappa shape index (κ1) is 15.8. The van der Waals surface area contributed by atoms with E-state index in [1.807, 2.05) is 27.7 Å². The highest BCUT2D eigenvalue weighted by molar-refractivity contribution is 5.98. The van der Waals surface area contributed by atoms with Crippen LogP contribution in [0, 0.1) is 22.2 Å². The van der Waals surface area contributed by atoms with E-state index in [2.05, 4.69) is 0 Å². The quantitative estimate of drug-likeness (QED) is 0.481. The Morgan fingerprint density at radius 1 is 1.12 bits per heavy atom. The molecule has 0 fully saturated rings. The molecule has 3 nitrogen and oxygen atoms in total. The van der Waals surface area contributed by atoms with Crippen LogP contribution in [0.5, 0.6) is 0 Å². The van der Waals surface area contributed by atoms with Gasteiger partial charge in [-0.2, -0.15) is 5.26 Å². The van der Waals surface area contributed by atoms with Crippen molar-refractivity contribution in [2.24, 2.45) is 10.8 Å². The first-order valence-corrected chi connectivity index (χ1v) is 6.40. The van der Waals surface area contributed by atoms with Crippen LogP contribution < -0.4 is 0 Å². The van der Waals surface area contributed by atoms with Gasteiger partial charge in [0.1, 0.15) is 12.4 Å². The van der Waals surface area contributed by atoms with Crippen molar-refractivity contribution in [3.63, 3.8) is 0 Å². The molecular weight excluding hydrogens is 214 g/mol. The minimum atomic E-state index is -0.651. The number of carbonyl (C=O) groups excluding carboxylic acids is 2. The van der Waals surface area contributed by atoms with E-state index in [1.165, 1.54) is 0 Å². The zero-order valence-corrected chi connectivity index (χ0v) is 11.4. The van der Waals surface area contributed by atoms with E-state index in [0.29, 0.717) is 32.1 Å². The summed E-state index contributed by atoms with van der Waals surface area (Å²) in [4.78, 5) is 23.2. The molecule has 0 bridgehead atoms. The number of ketones is 1. The monoisotopic (exact) mass is 237 g/mol. The van der Waals surface area contributed by atoms with Crippen LogP contribution in [0.25, 0.3) is 0 Å². The molecular formula is C14H23NO2. The predicted octanol–water partition coefficient (Wildman–Crippen LogP) is 3.28. The summed E-state index contributed by atoms with van der Waals surface area (Å²) in [5.74, 6) is -0.379. The molecule has 0 aliphatic carbocycles. The van der Waals surface area contributed by atoms with Crippen LogP contribution in [0.15, 0.2) is 0 Å². The molecule has 17 heavy (non-hydrogen) atoms. The first-order chi connectivity index (χ1) is 7.99. The zero-order valence-electron chi connectivity index (χ0n) is 11.4. The van der Waals surface area contributed by atoms with Gasteiger partial charge < -0.3 is 4.79 Å². The Bertz CT molecular complexity index is 307. The normalized spacial score (nSPS) is 11.9. The largest absolute Gasteiger partial charge is 0.303 e. The lowest BCUT2D eigenvalue weighted by Gasteiger charge is -2.36. The lowest BCUT2D eigenvalue weighted by atomic mass is 9.65. The fourth-order valence-corrected chi connectivity index (χ4v) is 2.40. The fourth-order valence-electron chi connectivity index (χ4n) is 2.40. The summed E-state index contributed by atoms with van der Waals surface area (Å²) < 4.78 is 0. The van der Waals surface area contributed by atoms with E-state index < -0.39 is 10.8 Å². The molecule has 96 valence electrons. The molecule has 0 heterocycles. The fraction of sp³-hybridized carbons (Fsp3) is 0.786. The van der Waals surface area contributed by atoms with Gasteiger partial charge in [-0.15, -0.1) is 0 Å². The van der Waals surface area contributed by atoms with Gasteiger partial charge >= 0.3 is 0 Å². The number of nitrogens with zero attached hydrogens (tertiary/aromatic N) is 1. The van der Waals surface area contributed by atoms with Crippen molar-refractivity contribution in [2.75, 3.05) is 0 Å². The van der Waals surface area contributed by atoms with Crippen molar-refractivity contribution in [1.82, 2.24) is 0 Å². The summed E-state index contributed by atoms with van der Waals surface area (Å²) >= 11 is 0. The van der Waals surface area contributed by atoms with Crippen LogP contribution in [0.4, 0.5) is 0 Å². The smallest absolute Gasteiger partial charge is 0.238 e. The van der Waals surface area contributed by atoms with Crippen LogP contribution in [-0.4, -0.2) is 12.1 Å². The van der Waals surface area contributed by atoms with E-state index in [-0.39, 0.29) is 5.78 Å². The average Bonchev–Trinajstić information content (AvgIpc) is 2.41. The number of rotatable bonds is 8. The predicted molar refractivity (Wildman–Crippen MR) is 67.3 cm³/mol. The minimum absolute atomic E-state index is 0.379. The van der Waals surface area contributed by atoms with E-state index in [0.717, 1.165) is 6.29 Å². The van der Waals surface area contributed by atoms with E-state index in [4.69, 9.17) is 5.26 Å². The molecule has 0 aromatic rings. The zero-order chi connectivity index (χ0) is 13.5. The standard InChI is InChI=1S/C14H23NO2/c1-5-13(6-2,11-16)10-14(7-3,8-4)12(17)9-15/h11H,5-8,10H2,1-4H3. The Morgan fingerprint density at radius 2 is 1.59 bits per heavy atom. The number of carbonyl (C=O) groups is 2. The van der Waals surface area contributed by atoms with Crippen LogP contribution in [0.3, 0.4) is 0 Å². The topological polar surface area (TPSA) is 57.9 Å². The molecule has 0 amide bonds. The van der Waals surface area contributed by atoms with Gasteiger partial charge in [0.2, 0.25) is 5.78 Å². The number of nitriles is 1. The Kier molecular flexibility index (Phi) is 6.09. The second kappa shape index (κ2) is 6.54. The van der Waals surface area contributed by atoms with Crippen LogP contribution >= 0.6 is 0 Å². The van der Waals surface area contributed by atoms with Gasteiger partial charge in [-0.05, 0) is 32.1 Å². The van der Waals surface area contributed by atoms with Crippen molar-refractivity contribution in [2.45, 2.75) is 59.8 Å². The molecule has 0 aliphatic heterocycles. The molecule has 0 N–H and O–H groups in total. The van der Waals surface area contributed by atoms with Crippen molar-refractivity contribution in [1.29, 1.82) is 5.26 Å². The second-order valence-corrected chi connectivity index (χ2v) is 4.79. The van der Waals surface area contributed by atoms with Gasteiger partial charge in [0.25, 0.3) is 0 Å². The average molecular weight is 237 g/mol. The maximum absolute atomic E-state index is 11.8. The van der Waals surface area contributed by atoms with Gasteiger partial charge in [-0.25, -0.2) is 0 Å². The van der Waals surface area contributed by atoms with Crippen LogP contribution in [0.1, 0.15) is 59.8 Å². The van der Waals surface area contributed by atoms with Gasteiger partial charge in [0, 0.05) is 10.8 Å². The minimum Gasteiger partial charge on any atom is -0.303 e. The SMILES string of the molecule is CCC(C=O)(CC)CC(CC)(CC)C(=O)C#N. The Morgan fingerprint density at radius 3 is 1.82 bits per heavy atom. The highest BCUT2D eigenvalue weighted by atomic mass is 16.1. The van der Waals surface area contributed by atoms with Crippen molar-refractivity contribution >= 4 is 12.1 Å². The van der Waals surface area contributed by atoms with Crippen molar-refractivity contribution < 1.29 is 9.59 Å². The number of hydrogen-bond acceptors (Lipinski definition) is 3. The second-order valence-electron chi connectivity index (χ2n) is 4.79. The third-order valence-electron chi connectivity index (χ3n) is 4.29. The summed E-state index contributed by atoms with van der Waals surface area (Å²) in [6, 6.07) is 1.75. The molecule has 3 heteroatoms. The summed E-state index contributed by atoms with van der Waals surface area (Å²) in [6.45, 7) is 7.76. The molecule has 0 saturated heterocycles. The highest BCUT2D eigenvalue weighted by Crippen LogP contribution is 2.42. The van der Waals surface area contributed by atoms with E-state index >= 15 is 0 Å². The molecule has 0 aromatic heterocycles. The number of aldehydes is 1. The van der Waals surface area contributed by atoms with Crippen molar-refractivity contribution in [3.05, 3.63) is 0 Å². The maximum atomic E-state index is 11.8. The third-order valence-corrected chi connectivity index (χ3v) is 4.29. The van der Waals surface area contributed by atoms with Crippen LogP contribution in [0.2, 0.25) is 0 Å². The Labute approximate surface area is 104 Å². The van der Waals surface area contributed by atoms with Crippen LogP contribution in [-0.2, 0) is 9.59 Å². The molecule has 0 aliphatic rings. The number of hydrogen-bond donors (Lipinski definition) is 0.